The van der Waals surface area contributed by atoms with Crippen LogP contribution in [0.4, 0.5) is 0 Å². The molecule has 0 amide bonds. The first-order valence-electron chi connectivity index (χ1n) is 2.41. The molecule has 0 aliphatic carbocycles. The normalized spacial score (nSPS) is 9.56. The highest BCUT2D eigenvalue weighted by Gasteiger charge is 1.99. The average molecular weight is 129 g/mol. The number of ether oxygens (including phenoxy) is 1. The summed E-state index contributed by atoms with van der Waals surface area (Å²) < 4.78 is 5.96. The minimum absolute atomic E-state index is 0.271. The molecule has 0 atom stereocenters. The predicted molar refractivity (Wildman–Crippen MR) is 30.4 cm³/mol. The molecule has 0 aromatic carbocycles. The van der Waals surface area contributed by atoms with Gasteiger partial charge < -0.3 is 4.74 Å². The van der Waals surface area contributed by atoms with E-state index in [2.05, 4.69) is 14.9 Å². The van der Waals surface area contributed by atoms with Gasteiger partial charge in [-0.05, 0) is 0 Å². The van der Waals surface area contributed by atoms with Gasteiger partial charge >= 0.3 is 11.7 Å². The van der Waals surface area contributed by atoms with E-state index in [0.717, 1.165) is 0 Å². The molecule has 1 rings (SSSR count). The molecule has 1 aromatic rings. The monoisotopic (exact) mass is 129 g/mol. The van der Waals surface area contributed by atoms with E-state index in [4.69, 9.17) is 0 Å². The summed E-state index contributed by atoms with van der Waals surface area (Å²) in [5.74, 6) is 0. The number of nitrogens with zero attached hydrogens (tertiary/aromatic N) is 2. The smallest absolute Gasteiger partial charge is 0.345 e. The summed E-state index contributed by atoms with van der Waals surface area (Å²) in [6.45, 7) is 0. The summed E-state index contributed by atoms with van der Waals surface area (Å²) in [7, 11) is 3.03. The standard InChI is InChI=1S/C4H7N3O2/c1-7-3(8)5-6-4(7)9-2/h1-2H3,(H,5,8). The van der Waals surface area contributed by atoms with Gasteiger partial charge in [0.1, 0.15) is 0 Å². The Balaban J connectivity index is 3.20. The van der Waals surface area contributed by atoms with E-state index in [0.29, 0.717) is 6.01 Å². The van der Waals surface area contributed by atoms with Crippen LogP contribution in [0.3, 0.4) is 0 Å². The molecule has 0 aliphatic heterocycles. The Kier molecular flexibility index (Phi) is 1.26. The van der Waals surface area contributed by atoms with Crippen LogP contribution in [0.15, 0.2) is 4.79 Å². The zero-order valence-corrected chi connectivity index (χ0v) is 5.21. The van der Waals surface area contributed by atoms with Crippen LogP contribution >= 0.6 is 0 Å². The fourth-order valence-electron chi connectivity index (χ4n) is 0.515. The van der Waals surface area contributed by atoms with Crippen molar-refractivity contribution in [1.29, 1.82) is 0 Å². The third-order valence-electron chi connectivity index (χ3n) is 1.02. The first-order valence-corrected chi connectivity index (χ1v) is 2.41. The first-order chi connectivity index (χ1) is 4.25. The van der Waals surface area contributed by atoms with Crippen LogP contribution in [-0.4, -0.2) is 21.9 Å². The molecule has 0 unspecified atom stereocenters. The molecule has 1 aromatic heterocycles. The van der Waals surface area contributed by atoms with Gasteiger partial charge in [0.2, 0.25) is 0 Å². The Hall–Kier alpha value is -1.26. The van der Waals surface area contributed by atoms with Crippen LogP contribution in [0.2, 0.25) is 0 Å². The average Bonchev–Trinajstić information content (AvgIpc) is 2.15. The lowest BCUT2D eigenvalue weighted by Crippen LogP contribution is -2.12. The van der Waals surface area contributed by atoms with Gasteiger partial charge in [-0.1, -0.05) is 0 Å². The number of H-pyrrole nitrogens is 1. The molecular weight excluding hydrogens is 122 g/mol. The lowest BCUT2D eigenvalue weighted by Gasteiger charge is -1.92. The lowest BCUT2D eigenvalue weighted by atomic mass is 11.0. The van der Waals surface area contributed by atoms with E-state index >= 15 is 0 Å². The van der Waals surface area contributed by atoms with Gasteiger partial charge in [0.15, 0.2) is 0 Å². The van der Waals surface area contributed by atoms with Crippen molar-refractivity contribution in [2.45, 2.75) is 0 Å². The van der Waals surface area contributed by atoms with Crippen molar-refractivity contribution in [3.05, 3.63) is 10.5 Å². The Morgan fingerprint density at radius 1 is 1.78 bits per heavy atom. The van der Waals surface area contributed by atoms with E-state index in [1.807, 2.05) is 0 Å². The molecule has 9 heavy (non-hydrogen) atoms. The van der Waals surface area contributed by atoms with Crippen molar-refractivity contribution in [3.63, 3.8) is 0 Å². The van der Waals surface area contributed by atoms with Crippen molar-refractivity contribution < 1.29 is 4.74 Å². The number of aromatic nitrogens is 3. The van der Waals surface area contributed by atoms with E-state index in [1.54, 1.807) is 7.05 Å². The first kappa shape index (κ1) is 5.87. The fourth-order valence-corrected chi connectivity index (χ4v) is 0.515. The van der Waals surface area contributed by atoms with Crippen LogP contribution in [-0.2, 0) is 7.05 Å². The summed E-state index contributed by atoms with van der Waals surface area (Å²) in [4.78, 5) is 10.6. The minimum Gasteiger partial charge on any atom is -0.467 e. The summed E-state index contributed by atoms with van der Waals surface area (Å²) in [6, 6.07) is 0.292. The van der Waals surface area contributed by atoms with Gasteiger partial charge in [0.25, 0.3) is 0 Å². The topological polar surface area (TPSA) is 59.9 Å². The zero-order chi connectivity index (χ0) is 6.85. The molecule has 5 nitrogen and oxygen atoms in total. The molecule has 0 aliphatic rings. The number of rotatable bonds is 1. The van der Waals surface area contributed by atoms with Crippen molar-refractivity contribution in [2.24, 2.45) is 7.05 Å². The Morgan fingerprint density at radius 2 is 2.44 bits per heavy atom. The summed E-state index contributed by atoms with van der Waals surface area (Å²) in [5.41, 5.74) is -0.271. The van der Waals surface area contributed by atoms with E-state index in [-0.39, 0.29) is 5.69 Å². The van der Waals surface area contributed by atoms with Gasteiger partial charge in [0.05, 0.1) is 7.11 Å². The van der Waals surface area contributed by atoms with Crippen LogP contribution in [0.5, 0.6) is 6.01 Å². The molecule has 0 saturated carbocycles. The maximum Gasteiger partial charge on any atom is 0.345 e. The van der Waals surface area contributed by atoms with Gasteiger partial charge in [-0.3, -0.25) is 0 Å². The number of aromatic amines is 1. The molecule has 0 saturated heterocycles. The highest BCUT2D eigenvalue weighted by atomic mass is 16.5. The van der Waals surface area contributed by atoms with Crippen LogP contribution < -0.4 is 10.4 Å². The molecule has 0 spiro atoms. The lowest BCUT2D eigenvalue weighted by molar-refractivity contribution is 0.363. The largest absolute Gasteiger partial charge is 0.467 e. The predicted octanol–water partition coefficient (Wildman–Crippen LogP) is -0.883. The number of hydrogen-bond acceptors (Lipinski definition) is 3. The van der Waals surface area contributed by atoms with Crippen molar-refractivity contribution in [1.82, 2.24) is 14.8 Å². The Morgan fingerprint density at radius 3 is 2.67 bits per heavy atom. The highest BCUT2D eigenvalue weighted by Crippen LogP contribution is 1.94. The number of hydrogen-bond donors (Lipinski definition) is 1. The minimum atomic E-state index is -0.271. The van der Waals surface area contributed by atoms with Gasteiger partial charge in [-0.15, -0.1) is 5.10 Å². The van der Waals surface area contributed by atoms with Crippen LogP contribution in [0, 0.1) is 0 Å². The number of nitrogens with one attached hydrogen (secondary N) is 1. The zero-order valence-electron chi connectivity index (χ0n) is 5.21. The third kappa shape index (κ3) is 0.802. The van der Waals surface area contributed by atoms with E-state index < -0.39 is 0 Å². The molecule has 0 fully saturated rings. The van der Waals surface area contributed by atoms with Crippen molar-refractivity contribution in [2.75, 3.05) is 7.11 Å². The Labute approximate surface area is 51.3 Å². The van der Waals surface area contributed by atoms with Gasteiger partial charge in [0, 0.05) is 7.05 Å². The van der Waals surface area contributed by atoms with Gasteiger partial charge in [-0.25, -0.2) is 14.5 Å². The highest BCUT2D eigenvalue weighted by molar-refractivity contribution is 4.89. The van der Waals surface area contributed by atoms with Crippen LogP contribution in [0.25, 0.3) is 0 Å². The Bertz CT molecular complexity index is 249. The number of methoxy groups -OCH3 is 1. The fraction of sp³-hybridized carbons (Fsp3) is 0.500. The summed E-state index contributed by atoms with van der Waals surface area (Å²) >= 11 is 0. The van der Waals surface area contributed by atoms with Gasteiger partial charge in [-0.2, -0.15) is 0 Å². The third-order valence-corrected chi connectivity index (χ3v) is 1.02. The molecule has 1 heterocycles. The summed E-state index contributed by atoms with van der Waals surface area (Å²) in [6.07, 6.45) is 0. The SMILES string of the molecule is COc1n[nH]c(=O)n1C. The quantitative estimate of drug-likeness (QED) is 0.535. The maximum absolute atomic E-state index is 10.6. The second-order valence-corrected chi connectivity index (χ2v) is 1.57. The van der Waals surface area contributed by atoms with E-state index in [9.17, 15) is 4.79 Å². The van der Waals surface area contributed by atoms with Crippen LogP contribution in [0.1, 0.15) is 0 Å². The van der Waals surface area contributed by atoms with E-state index in [1.165, 1.54) is 11.7 Å². The molecule has 0 bridgehead atoms. The molecule has 1 N–H and O–H groups in total. The molecule has 50 valence electrons. The molecule has 5 heteroatoms. The maximum atomic E-state index is 10.6. The summed E-state index contributed by atoms with van der Waals surface area (Å²) in [5, 5.41) is 5.76. The molecular formula is C4H7N3O2. The second-order valence-electron chi connectivity index (χ2n) is 1.57. The van der Waals surface area contributed by atoms with Crippen molar-refractivity contribution in [3.8, 4) is 6.01 Å². The molecule has 0 radical (unpaired) electrons. The second kappa shape index (κ2) is 1.93. The van der Waals surface area contributed by atoms with Crippen molar-refractivity contribution >= 4 is 0 Å².